The zero-order valence-corrected chi connectivity index (χ0v) is 10.6. The van der Waals surface area contributed by atoms with Gasteiger partial charge in [-0.1, -0.05) is 18.2 Å². The number of benzene rings is 2. The molecule has 94 valence electrons. The fourth-order valence-electron chi connectivity index (χ4n) is 2.15. The van der Waals surface area contributed by atoms with Crippen LogP contribution in [-0.4, -0.2) is 19.1 Å². The van der Waals surface area contributed by atoms with Crippen LogP contribution in [0.15, 0.2) is 36.4 Å². The van der Waals surface area contributed by atoms with E-state index in [1.807, 2.05) is 18.2 Å². The van der Waals surface area contributed by atoms with Crippen LogP contribution in [0.4, 0.5) is 5.69 Å². The van der Waals surface area contributed by atoms with Gasteiger partial charge in [0.1, 0.15) is 0 Å². The van der Waals surface area contributed by atoms with E-state index in [-0.39, 0.29) is 5.56 Å². The SMILES string of the molecule is CCN(CC)c1ccc2cc(C(=O)[O-])ccc2c1. The lowest BCUT2D eigenvalue weighted by molar-refractivity contribution is -0.255. The molecule has 0 aliphatic heterocycles. The van der Waals surface area contributed by atoms with Gasteiger partial charge in [-0.3, -0.25) is 0 Å². The normalized spacial score (nSPS) is 10.6. The second-order valence-electron chi connectivity index (χ2n) is 4.21. The number of hydrogen-bond acceptors (Lipinski definition) is 3. The maximum Gasteiger partial charge on any atom is 0.0715 e. The van der Waals surface area contributed by atoms with Crippen molar-refractivity contribution in [3.05, 3.63) is 42.0 Å². The molecule has 0 radical (unpaired) electrons. The molecule has 0 spiro atoms. The van der Waals surface area contributed by atoms with Crippen LogP contribution in [0.3, 0.4) is 0 Å². The van der Waals surface area contributed by atoms with E-state index >= 15 is 0 Å². The molecular formula is C15H16NO2-. The summed E-state index contributed by atoms with van der Waals surface area (Å²) < 4.78 is 0. The average Bonchev–Trinajstić information content (AvgIpc) is 2.39. The standard InChI is InChI=1S/C15H17NO2/c1-3-16(4-2)14-8-7-11-9-13(15(17)18)6-5-12(11)10-14/h5-10H,3-4H2,1-2H3,(H,17,18)/p-1. The molecule has 0 amide bonds. The topological polar surface area (TPSA) is 43.4 Å². The molecule has 2 aromatic rings. The molecule has 0 unspecified atom stereocenters. The molecule has 3 nitrogen and oxygen atoms in total. The largest absolute Gasteiger partial charge is 0.545 e. The molecule has 0 fully saturated rings. The van der Waals surface area contributed by atoms with Crippen molar-refractivity contribution in [2.45, 2.75) is 13.8 Å². The summed E-state index contributed by atoms with van der Waals surface area (Å²) in [6, 6.07) is 11.1. The predicted octanol–water partition coefficient (Wildman–Crippen LogP) is 2.05. The minimum absolute atomic E-state index is 0.220. The van der Waals surface area contributed by atoms with Crippen LogP contribution in [0.2, 0.25) is 0 Å². The lowest BCUT2D eigenvalue weighted by atomic mass is 10.1. The monoisotopic (exact) mass is 242 g/mol. The molecule has 0 aromatic heterocycles. The molecule has 0 aliphatic carbocycles. The highest BCUT2D eigenvalue weighted by Crippen LogP contribution is 2.23. The molecule has 0 bridgehead atoms. The molecule has 0 saturated heterocycles. The van der Waals surface area contributed by atoms with E-state index in [2.05, 4.69) is 24.8 Å². The highest BCUT2D eigenvalue weighted by Gasteiger charge is 2.03. The van der Waals surface area contributed by atoms with Gasteiger partial charge in [0.25, 0.3) is 0 Å². The molecule has 2 aromatic carbocycles. The van der Waals surface area contributed by atoms with Crippen LogP contribution in [0.5, 0.6) is 0 Å². The number of aromatic carboxylic acids is 1. The first-order chi connectivity index (χ1) is 8.65. The van der Waals surface area contributed by atoms with E-state index in [1.165, 1.54) is 0 Å². The van der Waals surface area contributed by atoms with Crippen molar-refractivity contribution in [3.63, 3.8) is 0 Å². The molecule has 2 rings (SSSR count). The first-order valence-electron chi connectivity index (χ1n) is 6.15. The third kappa shape index (κ3) is 2.30. The fraction of sp³-hybridized carbons (Fsp3) is 0.267. The van der Waals surface area contributed by atoms with Gasteiger partial charge in [-0.15, -0.1) is 0 Å². The van der Waals surface area contributed by atoms with Gasteiger partial charge in [0.2, 0.25) is 0 Å². The Kier molecular flexibility index (Phi) is 3.51. The van der Waals surface area contributed by atoms with Crippen molar-refractivity contribution in [2.24, 2.45) is 0 Å². The van der Waals surface area contributed by atoms with Gasteiger partial charge >= 0.3 is 0 Å². The van der Waals surface area contributed by atoms with Gasteiger partial charge < -0.3 is 14.8 Å². The van der Waals surface area contributed by atoms with E-state index in [4.69, 9.17) is 0 Å². The zero-order valence-electron chi connectivity index (χ0n) is 10.6. The Morgan fingerprint density at radius 1 is 1.06 bits per heavy atom. The summed E-state index contributed by atoms with van der Waals surface area (Å²) in [5.74, 6) is -1.13. The molecule has 0 saturated carbocycles. The van der Waals surface area contributed by atoms with Crippen LogP contribution < -0.4 is 10.0 Å². The van der Waals surface area contributed by atoms with Crippen LogP contribution in [0, 0.1) is 0 Å². The number of carbonyl (C=O) groups is 1. The summed E-state index contributed by atoms with van der Waals surface area (Å²) in [5, 5.41) is 12.8. The van der Waals surface area contributed by atoms with Gasteiger partial charge in [-0.25, -0.2) is 0 Å². The number of fused-ring (bicyclic) bond motifs is 1. The van der Waals surface area contributed by atoms with Crippen molar-refractivity contribution in [2.75, 3.05) is 18.0 Å². The molecule has 3 heteroatoms. The van der Waals surface area contributed by atoms with Crippen molar-refractivity contribution in [1.82, 2.24) is 0 Å². The second-order valence-corrected chi connectivity index (χ2v) is 4.21. The average molecular weight is 242 g/mol. The molecule has 0 atom stereocenters. The zero-order chi connectivity index (χ0) is 13.1. The Hall–Kier alpha value is -2.03. The van der Waals surface area contributed by atoms with E-state index in [1.54, 1.807) is 12.1 Å². The fourth-order valence-corrected chi connectivity index (χ4v) is 2.15. The Morgan fingerprint density at radius 2 is 1.67 bits per heavy atom. The Morgan fingerprint density at radius 3 is 2.28 bits per heavy atom. The summed E-state index contributed by atoms with van der Waals surface area (Å²) >= 11 is 0. The smallest absolute Gasteiger partial charge is 0.0715 e. The van der Waals surface area contributed by atoms with Crippen LogP contribution in [0.1, 0.15) is 24.2 Å². The van der Waals surface area contributed by atoms with Crippen LogP contribution in [-0.2, 0) is 0 Å². The van der Waals surface area contributed by atoms with E-state index < -0.39 is 5.97 Å². The molecule has 18 heavy (non-hydrogen) atoms. The minimum atomic E-state index is -1.13. The number of hydrogen-bond donors (Lipinski definition) is 0. The quantitative estimate of drug-likeness (QED) is 0.824. The Bertz CT molecular complexity index is 574. The van der Waals surface area contributed by atoms with E-state index in [0.29, 0.717) is 0 Å². The second kappa shape index (κ2) is 5.08. The van der Waals surface area contributed by atoms with Crippen molar-refractivity contribution >= 4 is 22.4 Å². The number of rotatable bonds is 4. The van der Waals surface area contributed by atoms with E-state index in [9.17, 15) is 9.90 Å². The predicted molar refractivity (Wildman–Crippen MR) is 71.8 cm³/mol. The maximum atomic E-state index is 10.8. The van der Waals surface area contributed by atoms with Gasteiger partial charge in [0.15, 0.2) is 0 Å². The highest BCUT2D eigenvalue weighted by atomic mass is 16.4. The maximum absolute atomic E-state index is 10.8. The first-order valence-corrected chi connectivity index (χ1v) is 6.15. The molecule has 0 N–H and O–H groups in total. The Balaban J connectivity index is 2.47. The highest BCUT2D eigenvalue weighted by molar-refractivity contribution is 5.94. The van der Waals surface area contributed by atoms with Crippen molar-refractivity contribution in [1.29, 1.82) is 0 Å². The summed E-state index contributed by atoms with van der Waals surface area (Å²) in [6.07, 6.45) is 0. The van der Waals surface area contributed by atoms with Gasteiger partial charge in [0, 0.05) is 18.8 Å². The van der Waals surface area contributed by atoms with Gasteiger partial charge in [-0.2, -0.15) is 0 Å². The number of carboxylic acids is 1. The molecule has 0 heterocycles. The summed E-state index contributed by atoms with van der Waals surface area (Å²) in [5.41, 5.74) is 1.38. The Labute approximate surface area is 107 Å². The lowest BCUT2D eigenvalue weighted by Crippen LogP contribution is -2.22. The molecular weight excluding hydrogens is 226 g/mol. The summed E-state index contributed by atoms with van der Waals surface area (Å²) in [7, 11) is 0. The van der Waals surface area contributed by atoms with Crippen molar-refractivity contribution < 1.29 is 9.90 Å². The third-order valence-electron chi connectivity index (χ3n) is 3.19. The number of carboxylic acid groups (broad SMARTS) is 1. The number of nitrogens with zero attached hydrogens (tertiary/aromatic N) is 1. The van der Waals surface area contributed by atoms with Crippen LogP contribution in [0.25, 0.3) is 10.8 Å². The first kappa shape index (κ1) is 12.4. The van der Waals surface area contributed by atoms with Crippen molar-refractivity contribution in [3.8, 4) is 0 Å². The third-order valence-corrected chi connectivity index (χ3v) is 3.19. The van der Waals surface area contributed by atoms with Gasteiger partial charge in [0.05, 0.1) is 5.97 Å². The number of anilines is 1. The minimum Gasteiger partial charge on any atom is -0.545 e. The van der Waals surface area contributed by atoms with Gasteiger partial charge in [-0.05, 0) is 48.4 Å². The van der Waals surface area contributed by atoms with Crippen LogP contribution >= 0.6 is 0 Å². The van der Waals surface area contributed by atoms with E-state index in [0.717, 1.165) is 29.5 Å². The summed E-state index contributed by atoms with van der Waals surface area (Å²) in [6.45, 7) is 6.15. The number of carbonyl (C=O) groups excluding carboxylic acids is 1. The lowest BCUT2D eigenvalue weighted by Gasteiger charge is -2.21. The molecule has 0 aliphatic rings. The summed E-state index contributed by atoms with van der Waals surface area (Å²) in [4.78, 5) is 13.0.